The Labute approximate surface area is 139 Å². The molecule has 2 heteroatoms. The van der Waals surface area contributed by atoms with Crippen molar-refractivity contribution in [2.45, 2.75) is 47.1 Å². The van der Waals surface area contributed by atoms with Crippen LogP contribution in [0.2, 0.25) is 0 Å². The molecule has 23 heavy (non-hydrogen) atoms. The molecule has 0 aliphatic rings. The third-order valence-electron chi connectivity index (χ3n) is 3.44. The molecule has 0 saturated carbocycles. The zero-order valence-corrected chi connectivity index (χ0v) is 14.9. The first kappa shape index (κ1) is 17.3. The van der Waals surface area contributed by atoms with Crippen molar-refractivity contribution in [3.05, 3.63) is 54.1 Å². The Hall–Kier alpha value is -2.09. The molecule has 0 aliphatic heterocycles. The molecule has 2 aromatic carbocycles. The Bertz CT molecular complexity index is 666. The molecule has 0 atom stereocenters. The van der Waals surface area contributed by atoms with Crippen molar-refractivity contribution in [3.8, 4) is 16.9 Å². The van der Waals surface area contributed by atoms with Gasteiger partial charge in [0, 0.05) is 11.0 Å². The molecule has 0 bridgehead atoms. The lowest BCUT2D eigenvalue weighted by Crippen LogP contribution is -2.22. The van der Waals surface area contributed by atoms with Gasteiger partial charge >= 0.3 is 0 Å². The van der Waals surface area contributed by atoms with E-state index in [-0.39, 0.29) is 16.8 Å². The quantitative estimate of drug-likeness (QED) is 0.674. The van der Waals surface area contributed by atoms with Crippen LogP contribution >= 0.6 is 0 Å². The summed E-state index contributed by atoms with van der Waals surface area (Å²) in [5, 5.41) is 0. The molecule has 0 heterocycles. The molecule has 2 nitrogen and oxygen atoms in total. The van der Waals surface area contributed by atoms with Gasteiger partial charge in [-0.15, -0.1) is 0 Å². The maximum atomic E-state index is 12.3. The molecule has 0 amide bonds. The number of ether oxygens (including phenoxy) is 1. The predicted molar refractivity (Wildman–Crippen MR) is 96.0 cm³/mol. The van der Waals surface area contributed by atoms with Crippen LogP contribution in [0.4, 0.5) is 0 Å². The SMILES string of the molecule is CC(C)(C)Oc1ccc(-c2ccc(C(=O)C(C)(C)C)cc2)cc1. The van der Waals surface area contributed by atoms with Crippen LogP contribution in [-0.4, -0.2) is 11.4 Å². The normalized spacial score (nSPS) is 12.1. The fourth-order valence-corrected chi connectivity index (χ4v) is 2.32. The van der Waals surface area contributed by atoms with Gasteiger partial charge in [-0.1, -0.05) is 57.2 Å². The van der Waals surface area contributed by atoms with Gasteiger partial charge in [-0.3, -0.25) is 4.79 Å². The van der Waals surface area contributed by atoms with Crippen LogP contribution in [0.15, 0.2) is 48.5 Å². The molecular weight excluding hydrogens is 284 g/mol. The van der Waals surface area contributed by atoms with Crippen molar-refractivity contribution in [1.29, 1.82) is 0 Å². The van der Waals surface area contributed by atoms with E-state index >= 15 is 0 Å². The van der Waals surface area contributed by atoms with Crippen LogP contribution in [0.25, 0.3) is 11.1 Å². The Balaban J connectivity index is 2.18. The van der Waals surface area contributed by atoms with Crippen molar-refractivity contribution in [2.75, 3.05) is 0 Å². The van der Waals surface area contributed by atoms with Gasteiger partial charge in [-0.25, -0.2) is 0 Å². The monoisotopic (exact) mass is 310 g/mol. The third-order valence-corrected chi connectivity index (χ3v) is 3.44. The number of rotatable bonds is 3. The van der Waals surface area contributed by atoms with E-state index in [1.807, 2.05) is 90.1 Å². The molecule has 0 saturated heterocycles. The van der Waals surface area contributed by atoms with Crippen LogP contribution in [0, 0.1) is 5.41 Å². The van der Waals surface area contributed by atoms with Gasteiger partial charge in [0.15, 0.2) is 5.78 Å². The van der Waals surface area contributed by atoms with E-state index < -0.39 is 0 Å². The summed E-state index contributed by atoms with van der Waals surface area (Å²) in [5.41, 5.74) is 2.41. The highest BCUT2D eigenvalue weighted by Crippen LogP contribution is 2.26. The standard InChI is InChI=1S/C21H26O2/c1-20(2,3)19(22)17-9-7-15(8-10-17)16-11-13-18(14-12-16)23-21(4,5)6/h7-14H,1-6H3. The first-order valence-electron chi connectivity index (χ1n) is 8.01. The zero-order valence-electron chi connectivity index (χ0n) is 14.9. The second kappa shape index (κ2) is 6.19. The number of hydrogen-bond donors (Lipinski definition) is 0. The summed E-state index contributed by atoms with van der Waals surface area (Å²) in [6, 6.07) is 15.9. The van der Waals surface area contributed by atoms with Gasteiger partial charge in [-0.2, -0.15) is 0 Å². The third kappa shape index (κ3) is 4.69. The Morgan fingerprint density at radius 3 is 1.57 bits per heavy atom. The zero-order chi connectivity index (χ0) is 17.3. The number of carbonyl (C=O) groups excluding carboxylic acids is 1. The van der Waals surface area contributed by atoms with E-state index in [0.29, 0.717) is 0 Å². The average Bonchev–Trinajstić information content (AvgIpc) is 2.45. The molecule has 122 valence electrons. The lowest BCUT2D eigenvalue weighted by atomic mass is 9.86. The molecular formula is C21H26O2. The van der Waals surface area contributed by atoms with Crippen LogP contribution in [0.5, 0.6) is 5.75 Å². The van der Waals surface area contributed by atoms with E-state index in [1.165, 1.54) is 0 Å². The molecule has 2 aromatic rings. The highest BCUT2D eigenvalue weighted by Gasteiger charge is 2.22. The minimum absolute atomic E-state index is 0.165. The number of hydrogen-bond acceptors (Lipinski definition) is 2. The first-order valence-corrected chi connectivity index (χ1v) is 8.01. The number of carbonyl (C=O) groups is 1. The maximum Gasteiger partial charge on any atom is 0.168 e. The van der Waals surface area contributed by atoms with Crippen LogP contribution in [-0.2, 0) is 0 Å². The number of Topliss-reactive ketones (excluding diaryl/α,β-unsaturated/α-hetero) is 1. The summed E-state index contributed by atoms with van der Waals surface area (Å²) in [6.07, 6.45) is 0. The highest BCUT2D eigenvalue weighted by molar-refractivity contribution is 6.00. The molecule has 0 radical (unpaired) electrons. The summed E-state index contributed by atoms with van der Waals surface area (Å²) < 4.78 is 5.84. The van der Waals surface area contributed by atoms with Crippen molar-refractivity contribution in [1.82, 2.24) is 0 Å². The van der Waals surface area contributed by atoms with Crippen molar-refractivity contribution in [3.63, 3.8) is 0 Å². The lowest BCUT2D eigenvalue weighted by molar-refractivity contribution is 0.0858. The molecule has 2 rings (SSSR count). The van der Waals surface area contributed by atoms with Crippen molar-refractivity contribution in [2.24, 2.45) is 5.41 Å². The molecule has 0 aliphatic carbocycles. The fraction of sp³-hybridized carbons (Fsp3) is 0.381. The first-order chi connectivity index (χ1) is 10.6. The van der Waals surface area contributed by atoms with Crippen molar-refractivity contribution >= 4 is 5.78 Å². The van der Waals surface area contributed by atoms with E-state index in [2.05, 4.69) is 0 Å². The molecule has 0 unspecified atom stereocenters. The van der Waals surface area contributed by atoms with Crippen LogP contribution in [0.1, 0.15) is 51.9 Å². The van der Waals surface area contributed by atoms with Gasteiger partial charge in [0.1, 0.15) is 11.4 Å². The highest BCUT2D eigenvalue weighted by atomic mass is 16.5. The smallest absolute Gasteiger partial charge is 0.168 e. The molecule has 0 spiro atoms. The molecule has 0 fully saturated rings. The Morgan fingerprint density at radius 1 is 0.739 bits per heavy atom. The summed E-state index contributed by atoms with van der Waals surface area (Å²) >= 11 is 0. The Kier molecular flexibility index (Phi) is 4.65. The number of benzene rings is 2. The van der Waals surface area contributed by atoms with E-state index in [9.17, 15) is 4.79 Å². The second-order valence-corrected chi connectivity index (χ2v) is 7.90. The largest absolute Gasteiger partial charge is 0.488 e. The van der Waals surface area contributed by atoms with Crippen LogP contribution in [0.3, 0.4) is 0 Å². The van der Waals surface area contributed by atoms with Gasteiger partial charge in [0.05, 0.1) is 0 Å². The molecule has 0 aromatic heterocycles. The van der Waals surface area contributed by atoms with E-state index in [4.69, 9.17) is 4.74 Å². The average molecular weight is 310 g/mol. The Morgan fingerprint density at radius 2 is 1.17 bits per heavy atom. The summed E-state index contributed by atoms with van der Waals surface area (Å²) in [7, 11) is 0. The minimum atomic E-state index is -0.354. The summed E-state index contributed by atoms with van der Waals surface area (Å²) in [6.45, 7) is 11.9. The summed E-state index contributed by atoms with van der Waals surface area (Å²) in [5.74, 6) is 1.03. The predicted octanol–water partition coefficient (Wildman–Crippen LogP) is 5.76. The van der Waals surface area contributed by atoms with Gasteiger partial charge in [0.25, 0.3) is 0 Å². The van der Waals surface area contributed by atoms with Crippen molar-refractivity contribution < 1.29 is 9.53 Å². The maximum absolute atomic E-state index is 12.3. The van der Waals surface area contributed by atoms with Gasteiger partial charge < -0.3 is 4.74 Å². The molecule has 0 N–H and O–H groups in total. The minimum Gasteiger partial charge on any atom is -0.488 e. The topological polar surface area (TPSA) is 26.3 Å². The van der Waals surface area contributed by atoms with Gasteiger partial charge in [-0.05, 0) is 44.0 Å². The van der Waals surface area contributed by atoms with E-state index in [0.717, 1.165) is 22.4 Å². The summed E-state index contributed by atoms with van der Waals surface area (Å²) in [4.78, 5) is 12.3. The van der Waals surface area contributed by atoms with Crippen LogP contribution < -0.4 is 4.74 Å². The lowest BCUT2D eigenvalue weighted by Gasteiger charge is -2.21. The van der Waals surface area contributed by atoms with Gasteiger partial charge in [0.2, 0.25) is 0 Å². The number of ketones is 1. The van der Waals surface area contributed by atoms with E-state index in [1.54, 1.807) is 0 Å². The fourth-order valence-electron chi connectivity index (χ4n) is 2.32. The second-order valence-electron chi connectivity index (χ2n) is 7.90.